The lowest BCUT2D eigenvalue weighted by atomic mass is 10.3. The van der Waals surface area contributed by atoms with Crippen molar-refractivity contribution in [1.82, 2.24) is 14.4 Å². The number of methoxy groups -OCH3 is 1. The van der Waals surface area contributed by atoms with Gasteiger partial charge in [0.1, 0.15) is 17.2 Å². The summed E-state index contributed by atoms with van der Waals surface area (Å²) in [6.07, 6.45) is 3.75. The standard InChI is InChI=1S/C14H14N4O/c1-15-13-5-3-4-11(17-13)12-9-16-14-8-10(19-2)6-7-18(12)14/h3-9H,1-2H3,(H,15,17). The van der Waals surface area contributed by atoms with Crippen molar-refractivity contribution in [1.29, 1.82) is 0 Å². The summed E-state index contributed by atoms with van der Waals surface area (Å²) < 4.78 is 7.19. The Hall–Kier alpha value is -2.56. The topological polar surface area (TPSA) is 51.5 Å². The Kier molecular flexibility index (Phi) is 2.79. The van der Waals surface area contributed by atoms with Crippen molar-refractivity contribution in [3.8, 4) is 17.1 Å². The molecule has 3 aromatic heterocycles. The number of fused-ring (bicyclic) bond motifs is 1. The Morgan fingerprint density at radius 2 is 2.16 bits per heavy atom. The molecule has 0 aliphatic heterocycles. The molecule has 0 aliphatic carbocycles. The molecule has 0 fully saturated rings. The summed E-state index contributed by atoms with van der Waals surface area (Å²) in [5.74, 6) is 1.63. The highest BCUT2D eigenvalue weighted by atomic mass is 16.5. The zero-order valence-electron chi connectivity index (χ0n) is 10.8. The van der Waals surface area contributed by atoms with Gasteiger partial charge in [-0.2, -0.15) is 0 Å². The van der Waals surface area contributed by atoms with Crippen LogP contribution >= 0.6 is 0 Å². The molecule has 3 rings (SSSR count). The number of anilines is 1. The van der Waals surface area contributed by atoms with Crippen molar-refractivity contribution in [2.45, 2.75) is 0 Å². The first-order valence-corrected chi connectivity index (χ1v) is 5.98. The van der Waals surface area contributed by atoms with Crippen LogP contribution in [0.1, 0.15) is 0 Å². The second-order valence-corrected chi connectivity index (χ2v) is 4.10. The van der Waals surface area contributed by atoms with Gasteiger partial charge in [-0.05, 0) is 18.2 Å². The van der Waals surface area contributed by atoms with Crippen LogP contribution in [-0.4, -0.2) is 28.5 Å². The molecule has 96 valence electrons. The fourth-order valence-corrected chi connectivity index (χ4v) is 2.00. The highest BCUT2D eigenvalue weighted by molar-refractivity contribution is 5.62. The fourth-order valence-electron chi connectivity index (χ4n) is 2.00. The van der Waals surface area contributed by atoms with Crippen molar-refractivity contribution in [3.63, 3.8) is 0 Å². The molecule has 0 saturated carbocycles. The Morgan fingerprint density at radius 3 is 2.95 bits per heavy atom. The number of hydrogen-bond acceptors (Lipinski definition) is 4. The quantitative estimate of drug-likeness (QED) is 0.780. The van der Waals surface area contributed by atoms with Crippen LogP contribution in [0, 0.1) is 0 Å². The summed E-state index contributed by atoms with van der Waals surface area (Å²) in [7, 11) is 3.50. The number of aromatic nitrogens is 3. The monoisotopic (exact) mass is 254 g/mol. The zero-order chi connectivity index (χ0) is 13.2. The van der Waals surface area contributed by atoms with Gasteiger partial charge in [-0.25, -0.2) is 9.97 Å². The molecule has 3 aromatic rings. The number of imidazole rings is 1. The first-order valence-electron chi connectivity index (χ1n) is 5.98. The molecule has 0 unspecified atom stereocenters. The van der Waals surface area contributed by atoms with Gasteiger partial charge in [0.2, 0.25) is 0 Å². The number of pyridine rings is 2. The van der Waals surface area contributed by atoms with Crippen molar-refractivity contribution in [2.75, 3.05) is 19.5 Å². The van der Waals surface area contributed by atoms with Crippen LogP contribution in [0.5, 0.6) is 5.75 Å². The number of nitrogens with one attached hydrogen (secondary N) is 1. The smallest absolute Gasteiger partial charge is 0.140 e. The van der Waals surface area contributed by atoms with Crippen LogP contribution < -0.4 is 10.1 Å². The van der Waals surface area contributed by atoms with Crippen LogP contribution in [-0.2, 0) is 0 Å². The second-order valence-electron chi connectivity index (χ2n) is 4.10. The number of rotatable bonds is 3. The minimum atomic E-state index is 0.793. The lowest BCUT2D eigenvalue weighted by Crippen LogP contribution is -1.95. The Balaban J connectivity index is 2.14. The van der Waals surface area contributed by atoms with Gasteiger partial charge >= 0.3 is 0 Å². The molecule has 0 aliphatic rings. The van der Waals surface area contributed by atoms with E-state index in [-0.39, 0.29) is 0 Å². The van der Waals surface area contributed by atoms with E-state index in [1.54, 1.807) is 7.11 Å². The summed E-state index contributed by atoms with van der Waals surface area (Å²) in [6, 6.07) is 9.66. The summed E-state index contributed by atoms with van der Waals surface area (Å²) in [4.78, 5) is 8.90. The summed E-state index contributed by atoms with van der Waals surface area (Å²) in [5, 5.41) is 3.03. The number of ether oxygens (including phenoxy) is 1. The maximum absolute atomic E-state index is 5.19. The van der Waals surface area contributed by atoms with Crippen molar-refractivity contribution in [3.05, 3.63) is 42.7 Å². The van der Waals surface area contributed by atoms with E-state index in [2.05, 4.69) is 15.3 Å². The van der Waals surface area contributed by atoms with Gasteiger partial charge in [0, 0.05) is 19.3 Å². The Bertz CT molecular complexity index is 720. The Morgan fingerprint density at radius 1 is 1.26 bits per heavy atom. The van der Waals surface area contributed by atoms with Crippen LogP contribution in [0.2, 0.25) is 0 Å². The van der Waals surface area contributed by atoms with E-state index in [0.717, 1.165) is 28.6 Å². The third-order valence-electron chi connectivity index (χ3n) is 2.99. The molecular weight excluding hydrogens is 240 g/mol. The molecule has 0 amide bonds. The van der Waals surface area contributed by atoms with E-state index < -0.39 is 0 Å². The second kappa shape index (κ2) is 4.61. The fraction of sp³-hybridized carbons (Fsp3) is 0.143. The predicted octanol–water partition coefficient (Wildman–Crippen LogP) is 2.45. The van der Waals surface area contributed by atoms with Crippen LogP contribution in [0.4, 0.5) is 5.82 Å². The van der Waals surface area contributed by atoms with E-state index >= 15 is 0 Å². The average Bonchev–Trinajstić information content (AvgIpc) is 2.90. The van der Waals surface area contributed by atoms with Gasteiger partial charge in [0.25, 0.3) is 0 Å². The van der Waals surface area contributed by atoms with Gasteiger partial charge in [0.15, 0.2) is 0 Å². The van der Waals surface area contributed by atoms with E-state index in [4.69, 9.17) is 4.74 Å². The molecule has 5 nitrogen and oxygen atoms in total. The van der Waals surface area contributed by atoms with Crippen molar-refractivity contribution >= 4 is 11.5 Å². The zero-order valence-corrected chi connectivity index (χ0v) is 10.8. The van der Waals surface area contributed by atoms with Gasteiger partial charge in [-0.3, -0.25) is 4.40 Å². The molecule has 0 saturated heterocycles. The van der Waals surface area contributed by atoms with Crippen molar-refractivity contribution in [2.24, 2.45) is 0 Å². The Labute approximate surface area is 110 Å². The average molecular weight is 254 g/mol. The summed E-state index contributed by atoms with van der Waals surface area (Å²) in [6.45, 7) is 0. The third-order valence-corrected chi connectivity index (χ3v) is 2.99. The molecule has 19 heavy (non-hydrogen) atoms. The molecule has 0 aromatic carbocycles. The van der Waals surface area contributed by atoms with E-state index in [1.807, 2.05) is 54.2 Å². The largest absolute Gasteiger partial charge is 0.497 e. The molecule has 0 atom stereocenters. The number of hydrogen-bond donors (Lipinski definition) is 1. The summed E-state index contributed by atoms with van der Waals surface area (Å²) in [5.41, 5.74) is 2.67. The lowest BCUT2D eigenvalue weighted by Gasteiger charge is -2.05. The van der Waals surface area contributed by atoms with E-state index in [1.165, 1.54) is 0 Å². The SMILES string of the molecule is CNc1cccc(-c2cnc3cc(OC)ccn23)n1. The highest BCUT2D eigenvalue weighted by Gasteiger charge is 2.08. The van der Waals surface area contributed by atoms with Gasteiger partial charge in [0.05, 0.1) is 24.7 Å². The predicted molar refractivity (Wildman–Crippen MR) is 74.5 cm³/mol. The van der Waals surface area contributed by atoms with E-state index in [9.17, 15) is 0 Å². The number of nitrogens with zero attached hydrogens (tertiary/aromatic N) is 3. The third kappa shape index (κ3) is 1.99. The van der Waals surface area contributed by atoms with Gasteiger partial charge in [-0.1, -0.05) is 6.07 Å². The van der Waals surface area contributed by atoms with Crippen LogP contribution in [0.15, 0.2) is 42.7 Å². The first kappa shape index (κ1) is 11.5. The first-order chi connectivity index (χ1) is 9.31. The normalized spacial score (nSPS) is 10.6. The molecule has 0 radical (unpaired) electrons. The summed E-state index contributed by atoms with van der Waals surface area (Å²) >= 11 is 0. The van der Waals surface area contributed by atoms with Crippen molar-refractivity contribution < 1.29 is 4.74 Å². The molecule has 0 spiro atoms. The van der Waals surface area contributed by atoms with E-state index in [0.29, 0.717) is 0 Å². The lowest BCUT2D eigenvalue weighted by molar-refractivity contribution is 0.414. The molecular formula is C14H14N4O. The maximum Gasteiger partial charge on any atom is 0.140 e. The van der Waals surface area contributed by atoms with Gasteiger partial charge in [-0.15, -0.1) is 0 Å². The van der Waals surface area contributed by atoms with Crippen LogP contribution in [0.25, 0.3) is 17.0 Å². The molecule has 3 heterocycles. The van der Waals surface area contributed by atoms with Gasteiger partial charge < -0.3 is 10.1 Å². The van der Waals surface area contributed by atoms with Crippen LogP contribution in [0.3, 0.4) is 0 Å². The molecule has 5 heteroatoms. The highest BCUT2D eigenvalue weighted by Crippen LogP contribution is 2.22. The molecule has 0 bridgehead atoms. The minimum absolute atomic E-state index is 0.793. The molecule has 1 N–H and O–H groups in total. The maximum atomic E-state index is 5.19. The minimum Gasteiger partial charge on any atom is -0.497 e.